The third-order valence-electron chi connectivity index (χ3n) is 3.37. The molecular weight excluding hydrogens is 344 g/mol. The zero-order chi connectivity index (χ0) is 17.4. The van der Waals surface area contributed by atoms with Crippen LogP contribution in [0.2, 0.25) is 0 Å². The molecule has 0 saturated heterocycles. The molecule has 0 aliphatic heterocycles. The fourth-order valence-corrected chi connectivity index (χ4v) is 2.09. The van der Waals surface area contributed by atoms with Gasteiger partial charge in [-0.05, 0) is 30.3 Å². The van der Waals surface area contributed by atoms with Gasteiger partial charge >= 0.3 is 0 Å². The number of ether oxygens (including phenoxy) is 3. The van der Waals surface area contributed by atoms with Gasteiger partial charge in [0.2, 0.25) is 0 Å². The van der Waals surface area contributed by atoms with Crippen molar-refractivity contribution in [3.63, 3.8) is 0 Å². The van der Waals surface area contributed by atoms with Gasteiger partial charge in [0.15, 0.2) is 0 Å². The van der Waals surface area contributed by atoms with Gasteiger partial charge in [-0.2, -0.15) is 0 Å². The zero-order valence-electron chi connectivity index (χ0n) is 14.3. The standard InChI is InChI=1S/C18H22N2O4.ClH/c1-22-9-4-10-24-15-6-3-5-13(11-15)18(21)20-17-12-14(23-2)7-8-16(17)19;/h3,5-8,11-12H,4,9-10,19H2,1-2H3,(H,20,21);1H. The van der Waals surface area contributed by atoms with E-state index in [9.17, 15) is 4.79 Å². The van der Waals surface area contributed by atoms with E-state index in [1.54, 1.807) is 50.6 Å². The number of halogens is 1. The van der Waals surface area contributed by atoms with E-state index in [0.717, 1.165) is 6.42 Å². The van der Waals surface area contributed by atoms with Crippen molar-refractivity contribution in [3.05, 3.63) is 48.0 Å². The molecule has 0 aromatic heterocycles. The van der Waals surface area contributed by atoms with Crippen molar-refractivity contribution in [2.24, 2.45) is 0 Å². The molecule has 0 unspecified atom stereocenters. The lowest BCUT2D eigenvalue weighted by Crippen LogP contribution is -2.13. The number of carbonyl (C=O) groups excluding carboxylic acids is 1. The Morgan fingerprint density at radius 2 is 1.88 bits per heavy atom. The molecule has 0 fully saturated rings. The lowest BCUT2D eigenvalue weighted by molar-refractivity contribution is 0.102. The Balaban J connectivity index is 0.00000312. The molecule has 6 nitrogen and oxygen atoms in total. The number of carbonyl (C=O) groups is 1. The maximum atomic E-state index is 12.4. The number of benzene rings is 2. The summed E-state index contributed by atoms with van der Waals surface area (Å²) < 4.78 is 15.7. The predicted molar refractivity (Wildman–Crippen MR) is 101 cm³/mol. The number of anilines is 2. The number of methoxy groups -OCH3 is 2. The third-order valence-corrected chi connectivity index (χ3v) is 3.37. The second-order valence-corrected chi connectivity index (χ2v) is 5.13. The summed E-state index contributed by atoms with van der Waals surface area (Å²) >= 11 is 0. The van der Waals surface area contributed by atoms with Crippen molar-refractivity contribution in [1.29, 1.82) is 0 Å². The van der Waals surface area contributed by atoms with Gasteiger partial charge in [-0.3, -0.25) is 4.79 Å². The van der Waals surface area contributed by atoms with Crippen LogP contribution in [0.4, 0.5) is 11.4 Å². The molecule has 0 spiro atoms. The summed E-state index contributed by atoms with van der Waals surface area (Å²) in [5.41, 5.74) is 7.35. The number of amides is 1. The molecule has 3 N–H and O–H groups in total. The first kappa shape index (κ1) is 20.6. The first-order chi connectivity index (χ1) is 11.6. The molecule has 25 heavy (non-hydrogen) atoms. The maximum Gasteiger partial charge on any atom is 0.255 e. The molecular formula is C18H23ClN2O4. The molecule has 2 aromatic rings. The fourth-order valence-electron chi connectivity index (χ4n) is 2.09. The van der Waals surface area contributed by atoms with Gasteiger partial charge in [-0.25, -0.2) is 0 Å². The minimum absolute atomic E-state index is 0. The molecule has 0 saturated carbocycles. The van der Waals surface area contributed by atoms with Crippen LogP contribution in [0.25, 0.3) is 0 Å². The molecule has 0 bridgehead atoms. The molecule has 7 heteroatoms. The van der Waals surface area contributed by atoms with Crippen LogP contribution in [0, 0.1) is 0 Å². The Morgan fingerprint density at radius 1 is 1.08 bits per heavy atom. The third kappa shape index (κ3) is 6.17. The largest absolute Gasteiger partial charge is 0.497 e. The van der Waals surface area contributed by atoms with E-state index < -0.39 is 0 Å². The highest BCUT2D eigenvalue weighted by atomic mass is 35.5. The molecule has 0 aliphatic rings. The number of hydrogen-bond donors (Lipinski definition) is 2. The number of rotatable bonds is 8. The van der Waals surface area contributed by atoms with Crippen molar-refractivity contribution in [1.82, 2.24) is 0 Å². The second kappa shape index (κ2) is 10.4. The highest BCUT2D eigenvalue weighted by Crippen LogP contribution is 2.25. The maximum absolute atomic E-state index is 12.4. The van der Waals surface area contributed by atoms with E-state index in [2.05, 4.69) is 5.32 Å². The SMILES string of the molecule is COCCCOc1cccc(C(=O)Nc2cc(OC)ccc2N)c1.Cl. The summed E-state index contributed by atoms with van der Waals surface area (Å²) in [5, 5.41) is 2.79. The first-order valence-electron chi connectivity index (χ1n) is 7.60. The highest BCUT2D eigenvalue weighted by Gasteiger charge is 2.10. The van der Waals surface area contributed by atoms with Gasteiger partial charge in [-0.1, -0.05) is 6.07 Å². The van der Waals surface area contributed by atoms with Crippen LogP contribution in [-0.2, 0) is 4.74 Å². The van der Waals surface area contributed by atoms with Gasteiger partial charge in [0.1, 0.15) is 11.5 Å². The molecule has 136 valence electrons. The smallest absolute Gasteiger partial charge is 0.255 e. The number of nitrogens with one attached hydrogen (secondary N) is 1. The van der Waals surface area contributed by atoms with Crippen LogP contribution < -0.4 is 20.5 Å². The van der Waals surface area contributed by atoms with Gasteiger partial charge in [0.25, 0.3) is 5.91 Å². The van der Waals surface area contributed by atoms with Crippen LogP contribution in [0.3, 0.4) is 0 Å². The Kier molecular flexibility index (Phi) is 8.60. The molecule has 0 radical (unpaired) electrons. The van der Waals surface area contributed by atoms with Crippen LogP contribution in [0.15, 0.2) is 42.5 Å². The van der Waals surface area contributed by atoms with Gasteiger partial charge < -0.3 is 25.3 Å². The Morgan fingerprint density at radius 3 is 2.60 bits per heavy atom. The average Bonchev–Trinajstić information content (AvgIpc) is 2.61. The predicted octanol–water partition coefficient (Wildman–Crippen LogP) is 3.37. The van der Waals surface area contributed by atoms with E-state index >= 15 is 0 Å². The molecule has 0 heterocycles. The van der Waals surface area contributed by atoms with Gasteiger partial charge in [-0.15, -0.1) is 12.4 Å². The second-order valence-electron chi connectivity index (χ2n) is 5.13. The summed E-state index contributed by atoms with van der Waals surface area (Å²) in [7, 11) is 3.21. The van der Waals surface area contributed by atoms with E-state index in [-0.39, 0.29) is 18.3 Å². The van der Waals surface area contributed by atoms with E-state index in [4.69, 9.17) is 19.9 Å². The van der Waals surface area contributed by atoms with Crippen molar-refractivity contribution < 1.29 is 19.0 Å². The summed E-state index contributed by atoms with van der Waals surface area (Å²) in [6.45, 7) is 1.16. The van der Waals surface area contributed by atoms with Crippen LogP contribution >= 0.6 is 12.4 Å². The summed E-state index contributed by atoms with van der Waals surface area (Å²) in [6.07, 6.45) is 0.785. The molecule has 0 aliphatic carbocycles. The quantitative estimate of drug-likeness (QED) is 0.553. The molecule has 0 atom stereocenters. The Labute approximate surface area is 153 Å². The highest BCUT2D eigenvalue weighted by molar-refractivity contribution is 6.06. The number of nitrogen functional groups attached to an aromatic ring is 1. The molecule has 2 aromatic carbocycles. The number of hydrogen-bond acceptors (Lipinski definition) is 5. The minimum Gasteiger partial charge on any atom is -0.497 e. The van der Waals surface area contributed by atoms with E-state index in [0.29, 0.717) is 41.7 Å². The fraction of sp³-hybridized carbons (Fsp3) is 0.278. The van der Waals surface area contributed by atoms with Crippen LogP contribution in [0.1, 0.15) is 16.8 Å². The Bertz CT molecular complexity index is 695. The summed E-state index contributed by atoms with van der Waals surface area (Å²) in [5.74, 6) is 0.990. The normalized spacial score (nSPS) is 9.84. The lowest BCUT2D eigenvalue weighted by Gasteiger charge is -2.11. The lowest BCUT2D eigenvalue weighted by atomic mass is 10.2. The average molecular weight is 367 g/mol. The van der Waals surface area contributed by atoms with Crippen molar-refractivity contribution >= 4 is 29.7 Å². The molecule has 1 amide bonds. The van der Waals surface area contributed by atoms with Crippen LogP contribution in [-0.4, -0.2) is 33.3 Å². The van der Waals surface area contributed by atoms with Crippen LogP contribution in [0.5, 0.6) is 11.5 Å². The monoisotopic (exact) mass is 366 g/mol. The summed E-state index contributed by atoms with van der Waals surface area (Å²) in [4.78, 5) is 12.4. The number of nitrogens with two attached hydrogens (primary N) is 1. The van der Waals surface area contributed by atoms with Crippen molar-refractivity contribution in [2.45, 2.75) is 6.42 Å². The summed E-state index contributed by atoms with van der Waals surface area (Å²) in [6, 6.07) is 12.1. The van der Waals surface area contributed by atoms with Crippen molar-refractivity contribution in [3.8, 4) is 11.5 Å². The minimum atomic E-state index is -0.266. The molecule has 2 rings (SSSR count). The van der Waals surface area contributed by atoms with E-state index in [1.807, 2.05) is 6.07 Å². The first-order valence-corrected chi connectivity index (χ1v) is 7.60. The van der Waals surface area contributed by atoms with E-state index in [1.165, 1.54) is 0 Å². The Hall–Kier alpha value is -2.44. The zero-order valence-corrected chi connectivity index (χ0v) is 15.1. The van der Waals surface area contributed by atoms with Gasteiger partial charge in [0.05, 0.1) is 25.1 Å². The topological polar surface area (TPSA) is 82.8 Å². The van der Waals surface area contributed by atoms with Gasteiger partial charge in [0, 0.05) is 31.8 Å². The van der Waals surface area contributed by atoms with Crippen molar-refractivity contribution in [2.75, 3.05) is 38.5 Å².